The molecule has 0 unspecified atom stereocenters. The fourth-order valence-corrected chi connectivity index (χ4v) is 2.56. The van der Waals surface area contributed by atoms with E-state index >= 15 is 0 Å². The third kappa shape index (κ3) is 3.21. The van der Waals surface area contributed by atoms with Crippen LogP contribution in [0.15, 0.2) is 23.0 Å². The van der Waals surface area contributed by atoms with Crippen LogP contribution in [0.2, 0.25) is 0 Å². The molecule has 1 amide bonds. The van der Waals surface area contributed by atoms with Crippen molar-refractivity contribution in [2.75, 3.05) is 0 Å². The molecular weight excluding hydrogens is 268 g/mol. The van der Waals surface area contributed by atoms with E-state index in [0.717, 1.165) is 11.3 Å². The molecule has 2 aromatic heterocycles. The minimum absolute atomic E-state index is 0.201. The fourth-order valence-electron chi connectivity index (χ4n) is 2.56. The maximum Gasteiger partial charge on any atom is 0.271 e. The molecule has 0 radical (unpaired) electrons. The van der Waals surface area contributed by atoms with Gasteiger partial charge in [0.25, 0.3) is 11.5 Å². The van der Waals surface area contributed by atoms with E-state index in [4.69, 9.17) is 0 Å². The van der Waals surface area contributed by atoms with E-state index in [0.29, 0.717) is 12.6 Å². The van der Waals surface area contributed by atoms with Crippen LogP contribution < -0.4 is 10.9 Å². The van der Waals surface area contributed by atoms with Gasteiger partial charge in [-0.25, -0.2) is 5.10 Å². The summed E-state index contributed by atoms with van der Waals surface area (Å²) in [6.45, 7) is 8.81. The number of rotatable bonds is 4. The molecule has 0 fully saturated rings. The van der Waals surface area contributed by atoms with E-state index < -0.39 is 0 Å². The van der Waals surface area contributed by atoms with E-state index in [1.54, 1.807) is 0 Å². The van der Waals surface area contributed by atoms with Crippen LogP contribution in [0, 0.1) is 13.8 Å². The molecule has 2 N–H and O–H groups in total. The minimum Gasteiger partial charge on any atom is -0.346 e. The quantitative estimate of drug-likeness (QED) is 0.898. The molecule has 6 nitrogen and oxygen atoms in total. The molecule has 2 heterocycles. The summed E-state index contributed by atoms with van der Waals surface area (Å²) in [6.07, 6.45) is 0. The second-order valence-corrected chi connectivity index (χ2v) is 5.35. The molecule has 2 aromatic rings. The summed E-state index contributed by atoms with van der Waals surface area (Å²) in [6, 6.07) is 5.16. The van der Waals surface area contributed by atoms with Gasteiger partial charge < -0.3 is 9.88 Å². The Morgan fingerprint density at radius 1 is 1.38 bits per heavy atom. The van der Waals surface area contributed by atoms with Gasteiger partial charge in [-0.2, -0.15) is 5.10 Å². The number of carbonyl (C=O) groups is 1. The highest BCUT2D eigenvalue weighted by Crippen LogP contribution is 2.19. The number of H-pyrrole nitrogens is 1. The summed E-state index contributed by atoms with van der Waals surface area (Å²) in [4.78, 5) is 22.9. The lowest BCUT2D eigenvalue weighted by Crippen LogP contribution is -2.25. The highest BCUT2D eigenvalue weighted by Gasteiger charge is 2.13. The first-order valence-electron chi connectivity index (χ1n) is 6.91. The smallest absolute Gasteiger partial charge is 0.271 e. The number of aryl methyl sites for hydroxylation is 1. The van der Waals surface area contributed by atoms with Crippen molar-refractivity contribution in [3.63, 3.8) is 0 Å². The Bertz CT molecular complexity index is 692. The van der Waals surface area contributed by atoms with Crippen LogP contribution in [0.1, 0.15) is 47.3 Å². The summed E-state index contributed by atoms with van der Waals surface area (Å²) >= 11 is 0. The average Bonchev–Trinajstić information content (AvgIpc) is 2.71. The van der Waals surface area contributed by atoms with Crippen LogP contribution in [0.5, 0.6) is 0 Å². The van der Waals surface area contributed by atoms with Gasteiger partial charge in [-0.15, -0.1) is 0 Å². The second-order valence-electron chi connectivity index (χ2n) is 5.35. The van der Waals surface area contributed by atoms with Gasteiger partial charge in [0.1, 0.15) is 5.69 Å². The van der Waals surface area contributed by atoms with Crippen molar-refractivity contribution in [2.45, 2.75) is 40.3 Å². The SMILES string of the molecule is Cc1cc(CNC(=O)c2ccc(=O)[nH]n2)c(C)n1C(C)C. The van der Waals surface area contributed by atoms with Crippen molar-refractivity contribution in [1.82, 2.24) is 20.1 Å². The minimum atomic E-state index is -0.327. The number of hydrogen-bond donors (Lipinski definition) is 2. The molecule has 2 rings (SSSR count). The van der Waals surface area contributed by atoms with E-state index in [1.807, 2.05) is 6.92 Å². The summed E-state index contributed by atoms with van der Waals surface area (Å²) < 4.78 is 2.24. The Morgan fingerprint density at radius 2 is 2.10 bits per heavy atom. The second kappa shape index (κ2) is 5.95. The standard InChI is InChI=1S/C15H20N4O2/c1-9(2)19-10(3)7-12(11(19)4)8-16-15(21)13-5-6-14(20)18-17-13/h5-7,9H,8H2,1-4H3,(H,16,21)(H,18,20). The average molecular weight is 288 g/mol. The summed E-state index contributed by atoms with van der Waals surface area (Å²) in [5.74, 6) is -0.305. The van der Waals surface area contributed by atoms with Crippen molar-refractivity contribution < 1.29 is 4.79 Å². The lowest BCUT2D eigenvalue weighted by Gasteiger charge is -2.14. The predicted molar refractivity (Wildman–Crippen MR) is 80.3 cm³/mol. The topological polar surface area (TPSA) is 79.8 Å². The van der Waals surface area contributed by atoms with Crippen LogP contribution in [0.3, 0.4) is 0 Å². The normalized spacial score (nSPS) is 10.9. The maximum absolute atomic E-state index is 12.0. The number of hydrogen-bond acceptors (Lipinski definition) is 3. The first-order chi connectivity index (χ1) is 9.90. The van der Waals surface area contributed by atoms with E-state index in [-0.39, 0.29) is 17.2 Å². The zero-order valence-corrected chi connectivity index (χ0v) is 12.7. The van der Waals surface area contributed by atoms with Crippen molar-refractivity contribution >= 4 is 5.91 Å². The molecule has 0 saturated heterocycles. The van der Waals surface area contributed by atoms with Crippen LogP contribution in [0.25, 0.3) is 0 Å². The van der Waals surface area contributed by atoms with Gasteiger partial charge in [0.2, 0.25) is 0 Å². The van der Waals surface area contributed by atoms with Gasteiger partial charge in [-0.05, 0) is 45.4 Å². The number of carbonyl (C=O) groups excluding carboxylic acids is 1. The Morgan fingerprint density at radius 3 is 2.62 bits per heavy atom. The molecule has 0 atom stereocenters. The Kier molecular flexibility index (Phi) is 4.26. The maximum atomic E-state index is 12.0. The number of nitrogens with one attached hydrogen (secondary N) is 2. The van der Waals surface area contributed by atoms with Crippen molar-refractivity contribution in [3.05, 3.63) is 51.2 Å². The van der Waals surface area contributed by atoms with Gasteiger partial charge in [0.15, 0.2) is 0 Å². The van der Waals surface area contributed by atoms with Gasteiger partial charge >= 0.3 is 0 Å². The molecule has 0 aliphatic heterocycles. The molecule has 112 valence electrons. The molecule has 0 bridgehead atoms. The number of amides is 1. The fraction of sp³-hybridized carbons (Fsp3) is 0.400. The molecule has 6 heteroatoms. The monoisotopic (exact) mass is 288 g/mol. The Hall–Kier alpha value is -2.37. The Labute approximate surface area is 123 Å². The molecule has 0 aromatic carbocycles. The summed E-state index contributed by atoms with van der Waals surface area (Å²) in [5.41, 5.74) is 3.28. The predicted octanol–water partition coefficient (Wildman–Crippen LogP) is 1.70. The zero-order valence-electron chi connectivity index (χ0n) is 12.7. The molecule has 21 heavy (non-hydrogen) atoms. The molecular formula is C15H20N4O2. The third-order valence-corrected chi connectivity index (χ3v) is 3.46. The number of aromatic nitrogens is 3. The van der Waals surface area contributed by atoms with Gasteiger partial charge in [-0.1, -0.05) is 0 Å². The van der Waals surface area contributed by atoms with Gasteiger partial charge in [0, 0.05) is 30.0 Å². The Balaban J connectivity index is 2.10. The van der Waals surface area contributed by atoms with Crippen molar-refractivity contribution in [3.8, 4) is 0 Å². The lowest BCUT2D eigenvalue weighted by molar-refractivity contribution is 0.0944. The van der Waals surface area contributed by atoms with E-state index in [9.17, 15) is 9.59 Å². The van der Waals surface area contributed by atoms with Gasteiger partial charge in [0.05, 0.1) is 0 Å². The summed E-state index contributed by atoms with van der Waals surface area (Å²) in [5, 5.41) is 8.78. The van der Waals surface area contributed by atoms with Crippen LogP contribution in [-0.4, -0.2) is 20.7 Å². The first kappa shape index (κ1) is 15.0. The number of aromatic amines is 1. The zero-order chi connectivity index (χ0) is 15.6. The molecule has 0 aliphatic rings. The largest absolute Gasteiger partial charge is 0.346 e. The number of nitrogens with zero attached hydrogens (tertiary/aromatic N) is 2. The van der Waals surface area contributed by atoms with E-state index in [1.165, 1.54) is 17.8 Å². The first-order valence-corrected chi connectivity index (χ1v) is 6.91. The highest BCUT2D eigenvalue weighted by molar-refractivity contribution is 5.91. The van der Waals surface area contributed by atoms with Crippen LogP contribution in [-0.2, 0) is 6.54 Å². The van der Waals surface area contributed by atoms with Crippen molar-refractivity contribution in [1.29, 1.82) is 0 Å². The molecule has 0 spiro atoms. The van der Waals surface area contributed by atoms with Crippen molar-refractivity contribution in [2.24, 2.45) is 0 Å². The van der Waals surface area contributed by atoms with Crippen LogP contribution >= 0.6 is 0 Å². The van der Waals surface area contributed by atoms with Crippen LogP contribution in [0.4, 0.5) is 0 Å². The van der Waals surface area contributed by atoms with E-state index in [2.05, 4.69) is 46.9 Å². The molecule has 0 aliphatic carbocycles. The third-order valence-electron chi connectivity index (χ3n) is 3.46. The summed E-state index contributed by atoms with van der Waals surface area (Å²) in [7, 11) is 0. The highest BCUT2D eigenvalue weighted by atomic mass is 16.2. The molecule has 0 saturated carbocycles. The van der Waals surface area contributed by atoms with Gasteiger partial charge in [-0.3, -0.25) is 9.59 Å². The lowest BCUT2D eigenvalue weighted by atomic mass is 10.2.